The molecule has 82 valence electrons. The number of nitrogens with one attached hydrogen (secondary N) is 3. The molecule has 0 radical (unpaired) electrons. The standard InChI is InChI=1S/C11H17N3O/c1-8-5-13-7-10(8)11(15)14-9-3-2-4-12-6-9/h5,7,9,12-13H,2-4,6H2,1H3,(H,14,15)/t9-/m1/s1. The van der Waals surface area contributed by atoms with Crippen LogP contribution in [0.5, 0.6) is 0 Å². The van der Waals surface area contributed by atoms with Crippen LogP contribution < -0.4 is 10.6 Å². The average molecular weight is 207 g/mol. The molecule has 0 aliphatic carbocycles. The van der Waals surface area contributed by atoms with Crippen LogP contribution in [-0.4, -0.2) is 30.0 Å². The van der Waals surface area contributed by atoms with Gasteiger partial charge in [-0.15, -0.1) is 0 Å². The monoisotopic (exact) mass is 207 g/mol. The maximum atomic E-state index is 11.8. The van der Waals surface area contributed by atoms with Crippen molar-refractivity contribution in [2.24, 2.45) is 0 Å². The molecule has 0 saturated carbocycles. The first-order valence-electron chi connectivity index (χ1n) is 5.42. The highest BCUT2D eigenvalue weighted by molar-refractivity contribution is 5.95. The number of H-pyrrole nitrogens is 1. The van der Waals surface area contributed by atoms with E-state index in [1.54, 1.807) is 6.20 Å². The summed E-state index contributed by atoms with van der Waals surface area (Å²) < 4.78 is 0. The fourth-order valence-electron chi connectivity index (χ4n) is 1.92. The van der Waals surface area contributed by atoms with Crippen molar-refractivity contribution >= 4 is 5.91 Å². The maximum absolute atomic E-state index is 11.8. The molecule has 0 aromatic carbocycles. The van der Waals surface area contributed by atoms with Crippen LogP contribution in [0.2, 0.25) is 0 Å². The number of piperidine rings is 1. The molecule has 1 aliphatic heterocycles. The van der Waals surface area contributed by atoms with E-state index >= 15 is 0 Å². The Bertz CT molecular complexity index is 339. The maximum Gasteiger partial charge on any atom is 0.253 e. The molecule has 4 heteroatoms. The predicted octanol–water partition coefficient (Wildman–Crippen LogP) is 0.805. The second-order valence-electron chi connectivity index (χ2n) is 4.07. The van der Waals surface area contributed by atoms with Crippen LogP contribution in [0.25, 0.3) is 0 Å². The van der Waals surface area contributed by atoms with Gasteiger partial charge in [0.1, 0.15) is 0 Å². The molecule has 3 N–H and O–H groups in total. The molecule has 0 unspecified atom stereocenters. The van der Waals surface area contributed by atoms with Crippen LogP contribution in [0.3, 0.4) is 0 Å². The highest BCUT2D eigenvalue weighted by atomic mass is 16.1. The van der Waals surface area contributed by atoms with Crippen molar-refractivity contribution in [1.82, 2.24) is 15.6 Å². The number of aromatic nitrogens is 1. The van der Waals surface area contributed by atoms with E-state index in [9.17, 15) is 4.79 Å². The number of hydrogen-bond donors (Lipinski definition) is 3. The summed E-state index contributed by atoms with van der Waals surface area (Å²) in [7, 11) is 0. The number of rotatable bonds is 2. The van der Waals surface area contributed by atoms with Gasteiger partial charge in [-0.1, -0.05) is 0 Å². The van der Waals surface area contributed by atoms with Gasteiger partial charge in [-0.2, -0.15) is 0 Å². The predicted molar refractivity (Wildman–Crippen MR) is 58.9 cm³/mol. The van der Waals surface area contributed by atoms with Crippen molar-refractivity contribution in [3.05, 3.63) is 23.5 Å². The molecule has 1 fully saturated rings. The first kappa shape index (κ1) is 10.2. The SMILES string of the molecule is Cc1c[nH]cc1C(=O)N[C@@H]1CCCNC1. The van der Waals surface area contributed by atoms with E-state index in [1.165, 1.54) is 0 Å². The van der Waals surface area contributed by atoms with Gasteiger partial charge in [-0.05, 0) is 31.9 Å². The van der Waals surface area contributed by atoms with Crippen LogP contribution >= 0.6 is 0 Å². The first-order chi connectivity index (χ1) is 7.27. The number of amides is 1. The molecule has 0 bridgehead atoms. The van der Waals surface area contributed by atoms with Crippen molar-refractivity contribution in [3.63, 3.8) is 0 Å². The zero-order valence-electron chi connectivity index (χ0n) is 8.97. The third-order valence-electron chi connectivity index (χ3n) is 2.83. The van der Waals surface area contributed by atoms with Gasteiger partial charge in [0.05, 0.1) is 5.56 Å². The van der Waals surface area contributed by atoms with Gasteiger partial charge in [0.25, 0.3) is 5.91 Å². The van der Waals surface area contributed by atoms with E-state index in [0.717, 1.165) is 37.1 Å². The summed E-state index contributed by atoms with van der Waals surface area (Å²) >= 11 is 0. The van der Waals surface area contributed by atoms with E-state index in [2.05, 4.69) is 15.6 Å². The van der Waals surface area contributed by atoms with Crippen molar-refractivity contribution in [2.75, 3.05) is 13.1 Å². The van der Waals surface area contributed by atoms with Crippen molar-refractivity contribution in [2.45, 2.75) is 25.8 Å². The minimum absolute atomic E-state index is 0.0300. The highest BCUT2D eigenvalue weighted by Gasteiger charge is 2.17. The van der Waals surface area contributed by atoms with Gasteiger partial charge in [-0.25, -0.2) is 0 Å². The topological polar surface area (TPSA) is 56.9 Å². The number of carbonyl (C=O) groups excluding carboxylic acids is 1. The van der Waals surface area contributed by atoms with Gasteiger partial charge in [0, 0.05) is 25.0 Å². The molecule has 1 aliphatic rings. The number of carbonyl (C=O) groups is 1. The quantitative estimate of drug-likeness (QED) is 0.672. The molecule has 2 rings (SSSR count). The third kappa shape index (κ3) is 2.39. The summed E-state index contributed by atoms with van der Waals surface area (Å²) in [4.78, 5) is 14.8. The molecule has 1 saturated heterocycles. The summed E-state index contributed by atoms with van der Waals surface area (Å²) in [6.45, 7) is 3.88. The smallest absolute Gasteiger partial charge is 0.253 e. The molecule has 1 aromatic heterocycles. The zero-order valence-corrected chi connectivity index (χ0v) is 8.97. The molecule has 1 aromatic rings. The number of hydrogen-bond acceptors (Lipinski definition) is 2. The van der Waals surface area contributed by atoms with E-state index in [4.69, 9.17) is 0 Å². The van der Waals surface area contributed by atoms with Crippen molar-refractivity contribution in [3.8, 4) is 0 Å². The molecule has 15 heavy (non-hydrogen) atoms. The minimum atomic E-state index is 0.0300. The Balaban J connectivity index is 1.94. The highest BCUT2D eigenvalue weighted by Crippen LogP contribution is 2.07. The normalized spacial score (nSPS) is 21.3. The Kier molecular flexibility index (Phi) is 3.06. The van der Waals surface area contributed by atoms with E-state index in [-0.39, 0.29) is 11.9 Å². The third-order valence-corrected chi connectivity index (χ3v) is 2.83. The Morgan fingerprint density at radius 1 is 1.53 bits per heavy atom. The van der Waals surface area contributed by atoms with Crippen molar-refractivity contribution < 1.29 is 4.79 Å². The van der Waals surface area contributed by atoms with Gasteiger partial charge >= 0.3 is 0 Å². The summed E-state index contributed by atoms with van der Waals surface area (Å²) in [5, 5.41) is 6.32. The lowest BCUT2D eigenvalue weighted by molar-refractivity contribution is 0.0930. The lowest BCUT2D eigenvalue weighted by atomic mass is 10.1. The van der Waals surface area contributed by atoms with E-state index in [1.807, 2.05) is 13.1 Å². The Morgan fingerprint density at radius 3 is 3.00 bits per heavy atom. The fraction of sp³-hybridized carbons (Fsp3) is 0.545. The number of aromatic amines is 1. The van der Waals surface area contributed by atoms with E-state index < -0.39 is 0 Å². The van der Waals surface area contributed by atoms with Crippen LogP contribution in [0.15, 0.2) is 12.4 Å². The zero-order chi connectivity index (χ0) is 10.7. The lowest BCUT2D eigenvalue weighted by Crippen LogP contribution is -2.45. The lowest BCUT2D eigenvalue weighted by Gasteiger charge is -2.23. The second kappa shape index (κ2) is 4.49. The Labute approximate surface area is 89.5 Å². The van der Waals surface area contributed by atoms with Crippen LogP contribution in [0, 0.1) is 6.92 Å². The average Bonchev–Trinajstić information content (AvgIpc) is 2.66. The second-order valence-corrected chi connectivity index (χ2v) is 4.07. The summed E-state index contributed by atoms with van der Waals surface area (Å²) in [5.41, 5.74) is 1.75. The molecule has 1 atom stereocenters. The molecular weight excluding hydrogens is 190 g/mol. The molecule has 4 nitrogen and oxygen atoms in total. The summed E-state index contributed by atoms with van der Waals surface area (Å²) in [6.07, 6.45) is 5.80. The Morgan fingerprint density at radius 2 is 2.40 bits per heavy atom. The van der Waals surface area contributed by atoms with Crippen molar-refractivity contribution in [1.29, 1.82) is 0 Å². The molecule has 2 heterocycles. The van der Waals surface area contributed by atoms with E-state index in [0.29, 0.717) is 0 Å². The van der Waals surface area contributed by atoms with Crippen LogP contribution in [-0.2, 0) is 0 Å². The molecular formula is C11H17N3O. The molecule has 1 amide bonds. The Hall–Kier alpha value is -1.29. The number of aryl methyl sites for hydroxylation is 1. The van der Waals surface area contributed by atoms with Gasteiger partial charge in [0.2, 0.25) is 0 Å². The van der Waals surface area contributed by atoms with Gasteiger partial charge in [0.15, 0.2) is 0 Å². The summed E-state index contributed by atoms with van der Waals surface area (Å²) in [6, 6.07) is 0.278. The molecule has 0 spiro atoms. The largest absolute Gasteiger partial charge is 0.367 e. The fourth-order valence-corrected chi connectivity index (χ4v) is 1.92. The van der Waals surface area contributed by atoms with Gasteiger partial charge < -0.3 is 15.6 Å². The minimum Gasteiger partial charge on any atom is -0.367 e. The summed E-state index contributed by atoms with van der Waals surface area (Å²) in [5.74, 6) is 0.0300. The first-order valence-corrected chi connectivity index (χ1v) is 5.42. The van der Waals surface area contributed by atoms with Crippen LogP contribution in [0.4, 0.5) is 0 Å². The van der Waals surface area contributed by atoms with Crippen LogP contribution in [0.1, 0.15) is 28.8 Å². The van der Waals surface area contributed by atoms with Gasteiger partial charge in [-0.3, -0.25) is 4.79 Å².